The van der Waals surface area contributed by atoms with Gasteiger partial charge in [-0.2, -0.15) is 5.26 Å². The van der Waals surface area contributed by atoms with Gasteiger partial charge in [0.1, 0.15) is 0 Å². The lowest BCUT2D eigenvalue weighted by molar-refractivity contribution is 0.837. The molecular weight excluding hydrogens is 278 g/mol. The quantitative estimate of drug-likeness (QED) is 0.908. The second kappa shape index (κ2) is 5.60. The fraction of sp³-hybridized carbons (Fsp3) is 0.286. The van der Waals surface area contributed by atoms with Gasteiger partial charge in [-0.1, -0.05) is 11.6 Å². The third-order valence-corrected chi connectivity index (χ3v) is 4.05. The normalized spacial score (nSPS) is 11.9. The summed E-state index contributed by atoms with van der Waals surface area (Å²) in [7, 11) is 0. The summed E-state index contributed by atoms with van der Waals surface area (Å²) in [6.45, 7) is 6.10. The summed E-state index contributed by atoms with van der Waals surface area (Å²) in [5.41, 5.74) is 2.38. The van der Waals surface area contributed by atoms with Crippen molar-refractivity contribution < 1.29 is 0 Å². The van der Waals surface area contributed by atoms with Crippen molar-refractivity contribution in [2.75, 3.05) is 5.32 Å². The van der Waals surface area contributed by atoms with Gasteiger partial charge in [0, 0.05) is 4.88 Å². The lowest BCUT2D eigenvalue weighted by atomic mass is 10.1. The maximum absolute atomic E-state index is 8.92. The Morgan fingerprint density at radius 2 is 2.16 bits per heavy atom. The van der Waals surface area contributed by atoms with Gasteiger partial charge in [0.25, 0.3) is 0 Å². The molecule has 0 saturated carbocycles. The predicted octanol–water partition coefficient (Wildman–Crippen LogP) is 4.46. The van der Waals surface area contributed by atoms with Crippen molar-refractivity contribution in [1.82, 2.24) is 4.98 Å². The van der Waals surface area contributed by atoms with E-state index < -0.39 is 0 Å². The highest BCUT2D eigenvalue weighted by Gasteiger charge is 2.14. The number of nitriles is 1. The van der Waals surface area contributed by atoms with Crippen LogP contribution in [0.2, 0.25) is 5.02 Å². The Morgan fingerprint density at radius 1 is 1.42 bits per heavy atom. The Balaban J connectivity index is 2.26. The number of halogens is 1. The van der Waals surface area contributed by atoms with Gasteiger partial charge in [-0.15, -0.1) is 11.3 Å². The van der Waals surface area contributed by atoms with Crippen LogP contribution in [0, 0.1) is 25.2 Å². The molecule has 0 aliphatic carbocycles. The zero-order chi connectivity index (χ0) is 14.0. The largest absolute Gasteiger partial charge is 0.376 e. The third-order valence-electron chi connectivity index (χ3n) is 2.82. The number of hydrogen-bond acceptors (Lipinski definition) is 4. The third kappa shape index (κ3) is 3.06. The number of nitrogens with one attached hydrogen (secondary N) is 1. The first-order valence-corrected chi connectivity index (χ1v) is 7.11. The highest BCUT2D eigenvalue weighted by atomic mass is 35.5. The number of nitrogens with zero attached hydrogens (tertiary/aromatic N) is 2. The van der Waals surface area contributed by atoms with Gasteiger partial charge in [0.15, 0.2) is 0 Å². The van der Waals surface area contributed by atoms with E-state index in [4.69, 9.17) is 16.9 Å². The van der Waals surface area contributed by atoms with Gasteiger partial charge < -0.3 is 5.32 Å². The molecule has 0 spiro atoms. The van der Waals surface area contributed by atoms with Crippen LogP contribution in [-0.2, 0) is 0 Å². The first-order valence-electron chi connectivity index (χ1n) is 5.91. The van der Waals surface area contributed by atoms with Crippen LogP contribution in [0.15, 0.2) is 18.2 Å². The molecule has 1 N–H and O–H groups in total. The molecule has 0 fully saturated rings. The van der Waals surface area contributed by atoms with E-state index in [-0.39, 0.29) is 6.04 Å². The first kappa shape index (κ1) is 13.9. The van der Waals surface area contributed by atoms with Gasteiger partial charge in [0.05, 0.1) is 39.1 Å². The summed E-state index contributed by atoms with van der Waals surface area (Å²) in [6, 6.07) is 7.36. The zero-order valence-electron chi connectivity index (χ0n) is 11.0. The maximum Gasteiger partial charge on any atom is 0.0992 e. The van der Waals surface area contributed by atoms with Crippen molar-refractivity contribution in [1.29, 1.82) is 5.26 Å². The van der Waals surface area contributed by atoms with E-state index >= 15 is 0 Å². The molecule has 0 bridgehead atoms. The fourth-order valence-electron chi connectivity index (χ4n) is 1.95. The average Bonchev–Trinajstić information content (AvgIpc) is 2.71. The second-order valence-corrected chi connectivity index (χ2v) is 6.16. The summed E-state index contributed by atoms with van der Waals surface area (Å²) in [5, 5.41) is 13.9. The van der Waals surface area contributed by atoms with E-state index in [1.165, 1.54) is 4.88 Å². The minimum atomic E-state index is 0.0522. The lowest BCUT2D eigenvalue weighted by Gasteiger charge is -2.15. The van der Waals surface area contributed by atoms with Crippen LogP contribution >= 0.6 is 22.9 Å². The van der Waals surface area contributed by atoms with Gasteiger partial charge in [-0.25, -0.2) is 4.98 Å². The van der Waals surface area contributed by atoms with E-state index in [2.05, 4.69) is 23.3 Å². The SMILES string of the molecule is Cc1nc(C(C)Nc2cc(C#N)ccc2Cl)c(C)s1. The molecule has 0 radical (unpaired) electrons. The Hall–Kier alpha value is -1.57. The van der Waals surface area contributed by atoms with E-state index in [9.17, 15) is 0 Å². The Kier molecular flexibility index (Phi) is 4.08. The van der Waals surface area contributed by atoms with Crippen molar-refractivity contribution in [2.24, 2.45) is 0 Å². The van der Waals surface area contributed by atoms with Gasteiger partial charge in [0.2, 0.25) is 0 Å². The fourth-order valence-corrected chi connectivity index (χ4v) is 3.04. The molecule has 2 rings (SSSR count). The van der Waals surface area contributed by atoms with Crippen molar-refractivity contribution in [3.8, 4) is 6.07 Å². The first-order chi connectivity index (χ1) is 9.01. The van der Waals surface area contributed by atoms with Gasteiger partial charge in [-0.3, -0.25) is 0 Å². The maximum atomic E-state index is 8.92. The van der Waals surface area contributed by atoms with Crippen LogP contribution in [0.25, 0.3) is 0 Å². The van der Waals surface area contributed by atoms with Crippen LogP contribution in [0.4, 0.5) is 5.69 Å². The van der Waals surface area contributed by atoms with Crippen LogP contribution in [-0.4, -0.2) is 4.98 Å². The molecule has 1 heterocycles. The molecule has 0 aliphatic heterocycles. The summed E-state index contributed by atoms with van der Waals surface area (Å²) in [4.78, 5) is 5.73. The molecule has 19 heavy (non-hydrogen) atoms. The summed E-state index contributed by atoms with van der Waals surface area (Å²) >= 11 is 7.82. The molecule has 2 aromatic rings. The highest BCUT2D eigenvalue weighted by molar-refractivity contribution is 7.11. The van der Waals surface area contributed by atoms with E-state index in [0.717, 1.165) is 16.4 Å². The van der Waals surface area contributed by atoms with Crippen LogP contribution in [0.3, 0.4) is 0 Å². The van der Waals surface area contributed by atoms with Crippen LogP contribution in [0.5, 0.6) is 0 Å². The minimum absolute atomic E-state index is 0.0522. The molecule has 0 amide bonds. The second-order valence-electron chi connectivity index (χ2n) is 4.35. The summed E-state index contributed by atoms with van der Waals surface area (Å²) < 4.78 is 0. The zero-order valence-corrected chi connectivity index (χ0v) is 12.6. The van der Waals surface area contributed by atoms with Crippen molar-refractivity contribution >= 4 is 28.6 Å². The molecule has 1 unspecified atom stereocenters. The van der Waals surface area contributed by atoms with E-state index in [0.29, 0.717) is 10.6 Å². The molecule has 3 nitrogen and oxygen atoms in total. The van der Waals surface area contributed by atoms with Gasteiger partial charge in [-0.05, 0) is 39.0 Å². The van der Waals surface area contributed by atoms with Crippen molar-refractivity contribution in [3.05, 3.63) is 44.4 Å². The summed E-state index contributed by atoms with van der Waals surface area (Å²) in [5.74, 6) is 0. The smallest absolute Gasteiger partial charge is 0.0992 e. The number of thiazole rings is 1. The number of anilines is 1. The molecule has 1 atom stereocenters. The molecule has 1 aromatic heterocycles. The standard InChI is InChI=1S/C14H14ClN3S/c1-8(14-9(2)19-10(3)18-14)17-13-6-11(7-16)4-5-12(13)15/h4-6,8,17H,1-3H3. The van der Waals surface area contributed by atoms with E-state index in [1.54, 1.807) is 29.5 Å². The van der Waals surface area contributed by atoms with Gasteiger partial charge >= 0.3 is 0 Å². The summed E-state index contributed by atoms with van der Waals surface area (Å²) in [6.07, 6.45) is 0. The molecule has 0 saturated heterocycles. The highest BCUT2D eigenvalue weighted by Crippen LogP contribution is 2.29. The van der Waals surface area contributed by atoms with E-state index in [1.807, 2.05) is 13.8 Å². The number of aromatic nitrogens is 1. The Labute approximate surface area is 121 Å². The molecule has 0 aliphatic rings. The lowest BCUT2D eigenvalue weighted by Crippen LogP contribution is -2.08. The monoisotopic (exact) mass is 291 g/mol. The van der Waals surface area contributed by atoms with Crippen molar-refractivity contribution in [3.63, 3.8) is 0 Å². The molecular formula is C14H14ClN3S. The number of rotatable bonds is 3. The Bertz CT molecular complexity index is 643. The Morgan fingerprint density at radius 3 is 2.74 bits per heavy atom. The number of aryl methyl sites for hydroxylation is 2. The average molecular weight is 292 g/mol. The number of hydrogen-bond donors (Lipinski definition) is 1. The van der Waals surface area contributed by atoms with Crippen molar-refractivity contribution in [2.45, 2.75) is 26.8 Å². The molecule has 5 heteroatoms. The minimum Gasteiger partial charge on any atom is -0.376 e. The number of benzene rings is 1. The van der Waals surface area contributed by atoms with Crippen LogP contribution < -0.4 is 5.32 Å². The molecule has 98 valence electrons. The topological polar surface area (TPSA) is 48.7 Å². The predicted molar refractivity (Wildman–Crippen MR) is 79.8 cm³/mol. The molecule has 1 aromatic carbocycles. The van der Waals surface area contributed by atoms with Crippen LogP contribution in [0.1, 0.15) is 34.1 Å².